The maximum Gasteiger partial charge on any atom is 0.244 e. The summed E-state index contributed by atoms with van der Waals surface area (Å²) in [5.41, 5.74) is 5.97. The summed E-state index contributed by atoms with van der Waals surface area (Å²) in [5.74, 6) is 0.639. The van der Waals surface area contributed by atoms with Gasteiger partial charge < -0.3 is 11.1 Å². The summed E-state index contributed by atoms with van der Waals surface area (Å²) >= 11 is 0. The van der Waals surface area contributed by atoms with E-state index in [0.29, 0.717) is 5.69 Å². The molecule has 1 fully saturated rings. The summed E-state index contributed by atoms with van der Waals surface area (Å²) in [5, 5.41) is 2.84. The number of aromatic nitrogens is 2. The lowest BCUT2D eigenvalue weighted by molar-refractivity contribution is -0.122. The van der Waals surface area contributed by atoms with Crippen molar-refractivity contribution >= 4 is 11.6 Å². The van der Waals surface area contributed by atoms with E-state index in [4.69, 9.17) is 5.73 Å². The molecule has 110 valence electrons. The Bertz CT molecular complexity index is 470. The molecular formula is C15H24N4O. The average molecular weight is 276 g/mol. The van der Waals surface area contributed by atoms with Crippen LogP contribution in [0.2, 0.25) is 0 Å². The Labute approximate surface area is 120 Å². The molecule has 3 N–H and O–H groups in total. The van der Waals surface area contributed by atoms with Gasteiger partial charge in [0, 0.05) is 5.41 Å². The third kappa shape index (κ3) is 3.33. The smallest absolute Gasteiger partial charge is 0.244 e. The van der Waals surface area contributed by atoms with Crippen molar-refractivity contribution in [1.82, 2.24) is 9.97 Å². The van der Waals surface area contributed by atoms with Gasteiger partial charge in [0.25, 0.3) is 0 Å². The minimum atomic E-state index is -0.735. The third-order valence-corrected chi connectivity index (χ3v) is 3.78. The highest BCUT2D eigenvalue weighted by atomic mass is 16.2. The molecule has 2 rings (SSSR count). The van der Waals surface area contributed by atoms with Crippen molar-refractivity contribution in [1.29, 1.82) is 0 Å². The Morgan fingerprint density at radius 1 is 1.20 bits per heavy atom. The second-order valence-corrected chi connectivity index (χ2v) is 6.72. The van der Waals surface area contributed by atoms with Crippen LogP contribution in [0.1, 0.15) is 58.7 Å². The first-order valence-electron chi connectivity index (χ1n) is 7.24. The third-order valence-electron chi connectivity index (χ3n) is 3.78. The largest absolute Gasteiger partial charge is 0.322 e. The fourth-order valence-corrected chi connectivity index (χ4v) is 2.45. The van der Waals surface area contributed by atoms with E-state index in [1.807, 2.05) is 0 Å². The lowest BCUT2D eigenvalue weighted by Crippen LogP contribution is -2.52. The number of anilines is 1. The molecule has 5 heteroatoms. The molecule has 0 saturated heterocycles. The van der Waals surface area contributed by atoms with Crippen molar-refractivity contribution in [2.24, 2.45) is 5.73 Å². The van der Waals surface area contributed by atoms with Crippen LogP contribution in [0.25, 0.3) is 0 Å². The molecule has 1 aromatic rings. The fraction of sp³-hybridized carbons (Fsp3) is 0.667. The van der Waals surface area contributed by atoms with Gasteiger partial charge in [-0.1, -0.05) is 40.0 Å². The topological polar surface area (TPSA) is 80.9 Å². The SMILES string of the molecule is CC(C)(C)c1ncc(NC(=O)C2(N)CCCCC2)cn1. The van der Waals surface area contributed by atoms with Crippen LogP contribution in [0.3, 0.4) is 0 Å². The highest BCUT2D eigenvalue weighted by Crippen LogP contribution is 2.27. The Kier molecular flexibility index (Phi) is 4.09. The average Bonchev–Trinajstić information content (AvgIpc) is 2.39. The molecule has 0 spiro atoms. The molecule has 20 heavy (non-hydrogen) atoms. The van der Waals surface area contributed by atoms with Gasteiger partial charge in [0.1, 0.15) is 5.82 Å². The van der Waals surface area contributed by atoms with Gasteiger partial charge in [0.05, 0.1) is 23.6 Å². The lowest BCUT2D eigenvalue weighted by Gasteiger charge is -2.31. The molecule has 0 bridgehead atoms. The summed E-state index contributed by atoms with van der Waals surface area (Å²) in [4.78, 5) is 20.9. The van der Waals surface area contributed by atoms with Gasteiger partial charge in [-0.05, 0) is 12.8 Å². The number of nitrogens with one attached hydrogen (secondary N) is 1. The summed E-state index contributed by atoms with van der Waals surface area (Å²) in [6, 6.07) is 0. The predicted molar refractivity (Wildman–Crippen MR) is 79.4 cm³/mol. The van der Waals surface area contributed by atoms with E-state index in [1.165, 1.54) is 0 Å². The van der Waals surface area contributed by atoms with Crippen molar-refractivity contribution < 1.29 is 4.79 Å². The minimum Gasteiger partial charge on any atom is -0.322 e. The van der Waals surface area contributed by atoms with E-state index in [1.54, 1.807) is 12.4 Å². The molecule has 0 aliphatic heterocycles. The minimum absolute atomic E-state index is 0.0962. The van der Waals surface area contributed by atoms with E-state index >= 15 is 0 Å². The Morgan fingerprint density at radius 3 is 2.25 bits per heavy atom. The van der Waals surface area contributed by atoms with Crippen molar-refractivity contribution in [2.75, 3.05) is 5.32 Å². The molecule has 5 nitrogen and oxygen atoms in total. The van der Waals surface area contributed by atoms with Gasteiger partial charge in [-0.2, -0.15) is 0 Å². The van der Waals surface area contributed by atoms with Crippen LogP contribution < -0.4 is 11.1 Å². The molecule has 1 aromatic heterocycles. The molecular weight excluding hydrogens is 252 g/mol. The first kappa shape index (κ1) is 14.9. The van der Waals surface area contributed by atoms with Gasteiger partial charge in [0.15, 0.2) is 0 Å². The van der Waals surface area contributed by atoms with Crippen LogP contribution in [-0.4, -0.2) is 21.4 Å². The molecule has 1 aliphatic carbocycles. The van der Waals surface area contributed by atoms with Crippen LogP contribution >= 0.6 is 0 Å². The summed E-state index contributed by atoms with van der Waals surface area (Å²) in [7, 11) is 0. The molecule has 1 aliphatic rings. The number of nitrogens with zero attached hydrogens (tertiary/aromatic N) is 2. The van der Waals surface area contributed by atoms with Crippen LogP contribution in [0, 0.1) is 0 Å². The number of hydrogen-bond acceptors (Lipinski definition) is 4. The van der Waals surface area contributed by atoms with Gasteiger partial charge in [0.2, 0.25) is 5.91 Å². The number of nitrogens with two attached hydrogens (primary N) is 1. The molecule has 1 saturated carbocycles. The lowest BCUT2D eigenvalue weighted by atomic mass is 9.82. The first-order chi connectivity index (χ1) is 9.31. The van der Waals surface area contributed by atoms with Gasteiger partial charge >= 0.3 is 0 Å². The molecule has 0 atom stereocenters. The first-order valence-corrected chi connectivity index (χ1v) is 7.24. The maximum atomic E-state index is 12.3. The highest BCUT2D eigenvalue weighted by molar-refractivity contribution is 5.97. The molecule has 0 aromatic carbocycles. The monoisotopic (exact) mass is 276 g/mol. The molecule has 1 heterocycles. The van der Waals surface area contributed by atoms with E-state index < -0.39 is 5.54 Å². The maximum absolute atomic E-state index is 12.3. The molecule has 0 radical (unpaired) electrons. The summed E-state index contributed by atoms with van der Waals surface area (Å²) in [6.45, 7) is 6.16. The fourth-order valence-electron chi connectivity index (χ4n) is 2.45. The normalized spacial score (nSPS) is 18.6. The van der Waals surface area contributed by atoms with E-state index in [0.717, 1.165) is 37.9 Å². The Morgan fingerprint density at radius 2 is 1.75 bits per heavy atom. The van der Waals surface area contributed by atoms with Crippen LogP contribution in [-0.2, 0) is 10.2 Å². The van der Waals surface area contributed by atoms with Crippen molar-refractivity contribution in [2.45, 2.75) is 63.8 Å². The van der Waals surface area contributed by atoms with Crippen LogP contribution in [0.15, 0.2) is 12.4 Å². The standard InChI is InChI=1S/C15H24N4O/c1-14(2,3)12-17-9-11(10-18-12)19-13(20)15(16)7-5-4-6-8-15/h9-10H,4-8,16H2,1-3H3,(H,19,20). The van der Waals surface area contributed by atoms with Crippen LogP contribution in [0.5, 0.6) is 0 Å². The van der Waals surface area contributed by atoms with Crippen LogP contribution in [0.4, 0.5) is 5.69 Å². The molecule has 1 amide bonds. The number of hydrogen-bond donors (Lipinski definition) is 2. The van der Waals surface area contributed by atoms with Crippen molar-refractivity contribution in [3.8, 4) is 0 Å². The van der Waals surface area contributed by atoms with E-state index in [-0.39, 0.29) is 11.3 Å². The Balaban J connectivity index is 2.04. The van der Waals surface area contributed by atoms with Gasteiger partial charge in [-0.3, -0.25) is 4.79 Å². The summed E-state index contributed by atoms with van der Waals surface area (Å²) in [6.07, 6.45) is 8.00. The van der Waals surface area contributed by atoms with Gasteiger partial charge in [-0.25, -0.2) is 9.97 Å². The van der Waals surface area contributed by atoms with Crippen molar-refractivity contribution in [3.63, 3.8) is 0 Å². The summed E-state index contributed by atoms with van der Waals surface area (Å²) < 4.78 is 0. The Hall–Kier alpha value is -1.49. The molecule has 0 unspecified atom stereocenters. The number of rotatable bonds is 2. The number of amides is 1. The number of carbonyl (C=O) groups is 1. The van der Waals surface area contributed by atoms with E-state index in [2.05, 4.69) is 36.1 Å². The zero-order valence-electron chi connectivity index (χ0n) is 12.6. The second kappa shape index (κ2) is 5.48. The number of carbonyl (C=O) groups excluding carboxylic acids is 1. The zero-order valence-corrected chi connectivity index (χ0v) is 12.6. The predicted octanol–water partition coefficient (Wildman–Crippen LogP) is 2.37. The zero-order chi connectivity index (χ0) is 14.8. The van der Waals surface area contributed by atoms with E-state index in [9.17, 15) is 4.79 Å². The second-order valence-electron chi connectivity index (χ2n) is 6.72. The quantitative estimate of drug-likeness (QED) is 0.869. The van der Waals surface area contributed by atoms with Crippen molar-refractivity contribution in [3.05, 3.63) is 18.2 Å². The highest BCUT2D eigenvalue weighted by Gasteiger charge is 2.35. The van der Waals surface area contributed by atoms with Gasteiger partial charge in [-0.15, -0.1) is 0 Å².